The first-order valence-electron chi connectivity index (χ1n) is 8.22. The van der Waals surface area contributed by atoms with Crippen molar-refractivity contribution < 1.29 is 0 Å². The maximum Gasteiger partial charge on any atom is 0.0457 e. The molecule has 0 amide bonds. The number of aromatic nitrogens is 1. The van der Waals surface area contributed by atoms with Gasteiger partial charge in [0.25, 0.3) is 0 Å². The van der Waals surface area contributed by atoms with Crippen LogP contribution in [0.25, 0.3) is 21.7 Å². The van der Waals surface area contributed by atoms with E-state index in [9.17, 15) is 0 Å². The zero-order valence-electron chi connectivity index (χ0n) is 12.9. The van der Waals surface area contributed by atoms with E-state index in [1.165, 1.54) is 56.9 Å². The highest BCUT2D eigenvalue weighted by Gasteiger charge is 2.15. The number of aryl methyl sites for hydroxylation is 2. The second kappa shape index (κ2) is 4.88. The van der Waals surface area contributed by atoms with Gasteiger partial charge >= 0.3 is 0 Å². The van der Waals surface area contributed by atoms with E-state index in [4.69, 9.17) is 0 Å². The Morgan fingerprint density at radius 3 is 2.61 bits per heavy atom. The second-order valence-electron chi connectivity index (χ2n) is 6.32. The van der Waals surface area contributed by atoms with Gasteiger partial charge in [-0.1, -0.05) is 42.5 Å². The molecule has 0 radical (unpaired) electrons. The number of hydrogen-bond donors (Lipinski definition) is 2. The van der Waals surface area contributed by atoms with Gasteiger partial charge in [-0.3, -0.25) is 0 Å². The van der Waals surface area contributed by atoms with Crippen molar-refractivity contribution in [2.75, 3.05) is 5.32 Å². The number of anilines is 1. The first kappa shape index (κ1) is 12.8. The Kier molecular flexibility index (Phi) is 2.71. The monoisotopic (exact) mass is 298 g/mol. The van der Waals surface area contributed by atoms with Crippen molar-refractivity contribution in [3.63, 3.8) is 0 Å². The maximum absolute atomic E-state index is 3.64. The van der Waals surface area contributed by atoms with E-state index in [2.05, 4.69) is 71.1 Å². The van der Waals surface area contributed by atoms with Crippen molar-refractivity contribution in [2.45, 2.75) is 19.4 Å². The molecule has 0 atom stereocenters. The molecule has 0 spiro atoms. The Labute approximate surface area is 135 Å². The fourth-order valence-corrected chi connectivity index (χ4v) is 3.87. The van der Waals surface area contributed by atoms with Crippen LogP contribution < -0.4 is 5.32 Å². The Balaban J connectivity index is 1.53. The van der Waals surface area contributed by atoms with Crippen LogP contribution in [0.4, 0.5) is 5.69 Å². The first-order chi connectivity index (χ1) is 11.4. The zero-order valence-corrected chi connectivity index (χ0v) is 12.9. The van der Waals surface area contributed by atoms with Crippen LogP contribution in [0.1, 0.15) is 16.7 Å². The number of para-hydroxylation sites is 1. The fraction of sp³-hybridized carbons (Fsp3) is 0.143. The number of fused-ring (bicyclic) bond motifs is 1. The second-order valence-corrected chi connectivity index (χ2v) is 6.32. The van der Waals surface area contributed by atoms with Crippen molar-refractivity contribution in [3.05, 3.63) is 77.5 Å². The molecule has 0 saturated carbocycles. The summed E-state index contributed by atoms with van der Waals surface area (Å²) in [5, 5.41) is 7.77. The molecule has 4 aromatic rings. The average Bonchev–Trinajstić information content (AvgIpc) is 3.20. The molecule has 1 aliphatic rings. The zero-order chi connectivity index (χ0) is 15.2. The molecule has 112 valence electrons. The minimum atomic E-state index is 0.836. The van der Waals surface area contributed by atoms with Crippen molar-refractivity contribution in [3.8, 4) is 0 Å². The molecule has 0 bridgehead atoms. The summed E-state index contributed by atoms with van der Waals surface area (Å²) in [6, 6.07) is 19.7. The van der Waals surface area contributed by atoms with E-state index in [-0.39, 0.29) is 0 Å². The van der Waals surface area contributed by atoms with E-state index in [0.717, 1.165) is 6.54 Å². The Hall–Kier alpha value is -2.74. The maximum atomic E-state index is 3.64. The van der Waals surface area contributed by atoms with Crippen LogP contribution in [0.2, 0.25) is 0 Å². The number of H-pyrrole nitrogens is 1. The van der Waals surface area contributed by atoms with Gasteiger partial charge in [0.15, 0.2) is 0 Å². The molecule has 2 heteroatoms. The van der Waals surface area contributed by atoms with Gasteiger partial charge in [-0.05, 0) is 47.1 Å². The van der Waals surface area contributed by atoms with Gasteiger partial charge in [0.05, 0.1) is 0 Å². The number of benzene rings is 3. The molecule has 0 fully saturated rings. The van der Waals surface area contributed by atoms with E-state index >= 15 is 0 Å². The Morgan fingerprint density at radius 2 is 1.65 bits per heavy atom. The molecule has 1 aromatic heterocycles. The number of rotatable bonds is 3. The molecule has 0 aliphatic heterocycles. The molecular formula is C21H18N2. The van der Waals surface area contributed by atoms with Gasteiger partial charge in [-0.2, -0.15) is 0 Å². The normalized spacial score (nSPS) is 13.0. The van der Waals surface area contributed by atoms with Crippen molar-refractivity contribution in [1.29, 1.82) is 0 Å². The molecule has 23 heavy (non-hydrogen) atoms. The van der Waals surface area contributed by atoms with Crippen LogP contribution in [-0.2, 0) is 19.4 Å². The number of nitrogens with one attached hydrogen (secondary N) is 2. The highest BCUT2D eigenvalue weighted by molar-refractivity contribution is 5.99. The summed E-state index contributed by atoms with van der Waals surface area (Å²) >= 11 is 0. The molecule has 0 saturated heterocycles. The van der Waals surface area contributed by atoms with Crippen LogP contribution >= 0.6 is 0 Å². The van der Waals surface area contributed by atoms with Gasteiger partial charge in [-0.25, -0.2) is 0 Å². The van der Waals surface area contributed by atoms with Crippen LogP contribution in [0, 0.1) is 0 Å². The summed E-state index contributed by atoms with van der Waals surface area (Å²) in [5.74, 6) is 0. The lowest BCUT2D eigenvalue weighted by Gasteiger charge is -2.11. The van der Waals surface area contributed by atoms with Gasteiger partial charge in [-0.15, -0.1) is 0 Å². The average molecular weight is 298 g/mol. The quantitative estimate of drug-likeness (QED) is 0.545. The predicted molar refractivity (Wildman–Crippen MR) is 97.0 cm³/mol. The third-order valence-corrected chi connectivity index (χ3v) is 5.02. The third-order valence-electron chi connectivity index (χ3n) is 5.02. The molecule has 3 aromatic carbocycles. The summed E-state index contributed by atoms with van der Waals surface area (Å²) in [7, 11) is 0. The number of hydrogen-bond acceptors (Lipinski definition) is 1. The summed E-state index contributed by atoms with van der Waals surface area (Å²) < 4.78 is 0. The van der Waals surface area contributed by atoms with Crippen LogP contribution in [-0.4, -0.2) is 4.98 Å². The van der Waals surface area contributed by atoms with E-state index in [0.29, 0.717) is 0 Å². The largest absolute Gasteiger partial charge is 0.380 e. The van der Waals surface area contributed by atoms with Gasteiger partial charge in [0, 0.05) is 34.7 Å². The molecule has 5 rings (SSSR count). The van der Waals surface area contributed by atoms with Crippen LogP contribution in [0.5, 0.6) is 0 Å². The highest BCUT2D eigenvalue weighted by Crippen LogP contribution is 2.35. The summed E-state index contributed by atoms with van der Waals surface area (Å²) in [4.78, 5) is 3.35. The van der Waals surface area contributed by atoms with Crippen molar-refractivity contribution >= 4 is 27.4 Å². The summed E-state index contributed by atoms with van der Waals surface area (Å²) in [5.41, 5.74) is 6.73. The SMILES string of the molecule is c1ccc2c(CNc3ccc4c5c(cccc35)CC4)c[nH]c2c1. The lowest BCUT2D eigenvalue weighted by molar-refractivity contribution is 1.02. The van der Waals surface area contributed by atoms with Crippen molar-refractivity contribution in [1.82, 2.24) is 4.98 Å². The molecule has 0 unspecified atom stereocenters. The molecule has 2 nitrogen and oxygen atoms in total. The molecule has 2 N–H and O–H groups in total. The summed E-state index contributed by atoms with van der Waals surface area (Å²) in [6.07, 6.45) is 4.47. The minimum absolute atomic E-state index is 0.836. The highest BCUT2D eigenvalue weighted by atomic mass is 14.9. The molecule has 1 heterocycles. The van der Waals surface area contributed by atoms with Gasteiger partial charge in [0.2, 0.25) is 0 Å². The first-order valence-corrected chi connectivity index (χ1v) is 8.22. The number of aromatic amines is 1. The van der Waals surface area contributed by atoms with Crippen LogP contribution in [0.15, 0.2) is 60.8 Å². The van der Waals surface area contributed by atoms with Crippen molar-refractivity contribution in [2.24, 2.45) is 0 Å². The lowest BCUT2D eigenvalue weighted by atomic mass is 10.0. The van der Waals surface area contributed by atoms with Gasteiger partial charge in [0.1, 0.15) is 0 Å². The van der Waals surface area contributed by atoms with E-state index in [1.54, 1.807) is 0 Å². The minimum Gasteiger partial charge on any atom is -0.380 e. The standard InChI is InChI=1S/C21H18N2/c1-2-7-19-17(5-1)16(12-22-19)13-23-20-11-10-15-9-8-14-4-3-6-18(20)21(14)15/h1-7,10-12,22-23H,8-9,13H2. The fourth-order valence-electron chi connectivity index (χ4n) is 3.87. The van der Waals surface area contributed by atoms with Crippen LogP contribution in [0.3, 0.4) is 0 Å². The topological polar surface area (TPSA) is 27.8 Å². The molecular weight excluding hydrogens is 280 g/mol. The summed E-state index contributed by atoms with van der Waals surface area (Å²) in [6.45, 7) is 0.836. The predicted octanol–water partition coefficient (Wildman–Crippen LogP) is 5.03. The third kappa shape index (κ3) is 1.95. The Bertz CT molecular complexity index is 1020. The molecule has 1 aliphatic carbocycles. The van der Waals surface area contributed by atoms with E-state index in [1.807, 2.05) is 0 Å². The van der Waals surface area contributed by atoms with Gasteiger partial charge < -0.3 is 10.3 Å². The Morgan fingerprint density at radius 1 is 0.826 bits per heavy atom. The lowest BCUT2D eigenvalue weighted by Crippen LogP contribution is -1.99. The van der Waals surface area contributed by atoms with E-state index < -0.39 is 0 Å². The smallest absolute Gasteiger partial charge is 0.0457 e.